The number of hydrogen-bond donors (Lipinski definition) is 2. The molecular weight excluding hydrogens is 258 g/mol. The molecule has 0 radical (unpaired) electrons. The van der Waals surface area contributed by atoms with Crippen molar-refractivity contribution in [2.75, 3.05) is 6.61 Å². The number of aromatic hydroxyl groups is 1. The first-order chi connectivity index (χ1) is 9.27. The molecule has 0 saturated heterocycles. The van der Waals surface area contributed by atoms with E-state index in [1.54, 1.807) is 13.8 Å². The zero-order valence-electron chi connectivity index (χ0n) is 12.5. The van der Waals surface area contributed by atoms with Crippen LogP contribution in [0, 0.1) is 5.92 Å². The summed E-state index contributed by atoms with van der Waals surface area (Å²) in [4.78, 5) is 16.9. The molecule has 0 aliphatic rings. The van der Waals surface area contributed by atoms with Gasteiger partial charge in [-0.25, -0.2) is 0 Å². The second-order valence-electron chi connectivity index (χ2n) is 5.67. The number of phenols is 1. The van der Waals surface area contributed by atoms with Crippen molar-refractivity contribution >= 4 is 5.78 Å². The van der Waals surface area contributed by atoms with E-state index >= 15 is 0 Å². The summed E-state index contributed by atoms with van der Waals surface area (Å²) < 4.78 is 5.68. The second-order valence-corrected chi connectivity index (χ2v) is 5.67. The molecule has 0 fully saturated rings. The molecule has 0 bridgehead atoms. The van der Waals surface area contributed by atoms with Gasteiger partial charge in [0.05, 0.1) is 0 Å². The standard InChI is InChI=1S/C15H23NO4/c1-10(2)7-8-19-15(3,4)14(18)11-5-6-12(17)13(9-11)20-16/h5-6,9-10,17H,7-8,16H2,1-4H3. The van der Waals surface area contributed by atoms with E-state index in [0.29, 0.717) is 18.1 Å². The molecular formula is C15H23NO4. The Labute approximate surface area is 119 Å². The minimum absolute atomic E-state index is 0.0637. The molecule has 0 unspecified atom stereocenters. The van der Waals surface area contributed by atoms with Gasteiger partial charge in [0.25, 0.3) is 0 Å². The van der Waals surface area contributed by atoms with Crippen molar-refractivity contribution in [3.8, 4) is 11.5 Å². The van der Waals surface area contributed by atoms with Crippen molar-refractivity contribution in [1.82, 2.24) is 0 Å². The third-order valence-corrected chi connectivity index (χ3v) is 3.05. The lowest BCUT2D eigenvalue weighted by atomic mass is 9.96. The predicted molar refractivity (Wildman–Crippen MR) is 76.7 cm³/mol. The first kappa shape index (κ1) is 16.5. The lowest BCUT2D eigenvalue weighted by Gasteiger charge is -2.24. The van der Waals surface area contributed by atoms with Crippen LogP contribution in [0.5, 0.6) is 11.5 Å². The number of ketones is 1. The summed E-state index contributed by atoms with van der Waals surface area (Å²) in [5, 5.41) is 9.47. The maximum absolute atomic E-state index is 12.4. The molecule has 5 nitrogen and oxygen atoms in total. The fraction of sp³-hybridized carbons (Fsp3) is 0.533. The summed E-state index contributed by atoms with van der Waals surface area (Å²) in [7, 11) is 0. The average molecular weight is 281 g/mol. The number of hydrogen-bond acceptors (Lipinski definition) is 5. The van der Waals surface area contributed by atoms with Crippen LogP contribution in [0.1, 0.15) is 44.5 Å². The Morgan fingerprint density at radius 1 is 1.40 bits per heavy atom. The highest BCUT2D eigenvalue weighted by Gasteiger charge is 2.30. The zero-order chi connectivity index (χ0) is 15.3. The Morgan fingerprint density at radius 2 is 2.05 bits per heavy atom. The van der Waals surface area contributed by atoms with Crippen molar-refractivity contribution in [3.05, 3.63) is 23.8 Å². The van der Waals surface area contributed by atoms with Crippen LogP contribution < -0.4 is 10.7 Å². The van der Waals surface area contributed by atoms with Crippen molar-refractivity contribution in [2.24, 2.45) is 11.8 Å². The van der Waals surface area contributed by atoms with Gasteiger partial charge in [-0.15, -0.1) is 0 Å². The van der Waals surface area contributed by atoms with Gasteiger partial charge in [-0.3, -0.25) is 4.79 Å². The molecule has 20 heavy (non-hydrogen) atoms. The molecule has 0 aromatic heterocycles. The molecule has 0 atom stereocenters. The largest absolute Gasteiger partial charge is 0.504 e. The van der Waals surface area contributed by atoms with E-state index in [0.717, 1.165) is 6.42 Å². The first-order valence-corrected chi connectivity index (χ1v) is 6.66. The molecule has 0 spiro atoms. The molecule has 0 aliphatic carbocycles. The number of carbonyl (C=O) groups is 1. The summed E-state index contributed by atoms with van der Waals surface area (Å²) in [6.45, 7) is 8.18. The summed E-state index contributed by atoms with van der Waals surface area (Å²) >= 11 is 0. The van der Waals surface area contributed by atoms with Gasteiger partial charge in [0.1, 0.15) is 5.60 Å². The van der Waals surface area contributed by atoms with Gasteiger partial charge in [-0.2, -0.15) is 5.90 Å². The van der Waals surface area contributed by atoms with Gasteiger partial charge in [0.2, 0.25) is 0 Å². The SMILES string of the molecule is CC(C)CCOC(C)(C)C(=O)c1ccc(O)c(ON)c1. The molecule has 1 rings (SSSR count). The molecule has 1 aromatic carbocycles. The van der Waals surface area contributed by atoms with Gasteiger partial charge in [0, 0.05) is 12.2 Å². The second kappa shape index (κ2) is 6.72. The topological polar surface area (TPSA) is 81.8 Å². The van der Waals surface area contributed by atoms with Gasteiger partial charge in [-0.05, 0) is 44.4 Å². The highest BCUT2D eigenvalue weighted by molar-refractivity contribution is 6.02. The van der Waals surface area contributed by atoms with E-state index in [1.807, 2.05) is 0 Å². The molecule has 3 N–H and O–H groups in total. The Hall–Kier alpha value is -1.59. The summed E-state index contributed by atoms with van der Waals surface area (Å²) in [5.41, 5.74) is -0.546. The van der Waals surface area contributed by atoms with Gasteiger partial charge in [-0.1, -0.05) is 13.8 Å². The van der Waals surface area contributed by atoms with Gasteiger partial charge >= 0.3 is 0 Å². The Morgan fingerprint density at radius 3 is 2.60 bits per heavy atom. The molecule has 0 heterocycles. The average Bonchev–Trinajstić information content (AvgIpc) is 2.37. The number of carbonyl (C=O) groups excluding carboxylic acids is 1. The van der Waals surface area contributed by atoms with Crippen LogP contribution >= 0.6 is 0 Å². The minimum Gasteiger partial charge on any atom is -0.504 e. The van der Waals surface area contributed by atoms with Crippen molar-refractivity contribution in [2.45, 2.75) is 39.7 Å². The van der Waals surface area contributed by atoms with E-state index in [1.165, 1.54) is 18.2 Å². The zero-order valence-corrected chi connectivity index (χ0v) is 12.5. The smallest absolute Gasteiger partial charge is 0.194 e. The number of rotatable bonds is 7. The maximum Gasteiger partial charge on any atom is 0.194 e. The lowest BCUT2D eigenvalue weighted by Crippen LogP contribution is -2.35. The third kappa shape index (κ3) is 4.21. The summed E-state index contributed by atoms with van der Waals surface area (Å²) in [5.74, 6) is 5.33. The van der Waals surface area contributed by atoms with Crippen LogP contribution in [0.25, 0.3) is 0 Å². The van der Waals surface area contributed by atoms with E-state index in [4.69, 9.17) is 10.6 Å². The fourth-order valence-corrected chi connectivity index (χ4v) is 1.71. The van der Waals surface area contributed by atoms with Crippen LogP contribution in [-0.4, -0.2) is 23.1 Å². The quantitative estimate of drug-likeness (QED) is 0.593. The maximum atomic E-state index is 12.4. The van der Waals surface area contributed by atoms with Crippen LogP contribution in [0.2, 0.25) is 0 Å². The van der Waals surface area contributed by atoms with Crippen molar-refractivity contribution < 1.29 is 19.5 Å². The molecule has 0 saturated carbocycles. The molecule has 1 aromatic rings. The van der Waals surface area contributed by atoms with Crippen LogP contribution in [0.15, 0.2) is 18.2 Å². The Kier molecular flexibility index (Phi) is 5.53. The number of benzene rings is 1. The highest BCUT2D eigenvalue weighted by Crippen LogP contribution is 2.28. The highest BCUT2D eigenvalue weighted by atomic mass is 16.6. The number of Topliss-reactive ketones (excluding diaryl/α,β-unsaturated/α-hetero) is 1. The van der Waals surface area contributed by atoms with Crippen molar-refractivity contribution in [3.63, 3.8) is 0 Å². The summed E-state index contributed by atoms with van der Waals surface area (Å²) in [6, 6.07) is 4.30. The van der Waals surface area contributed by atoms with Gasteiger partial charge < -0.3 is 14.7 Å². The third-order valence-electron chi connectivity index (χ3n) is 3.05. The fourth-order valence-electron chi connectivity index (χ4n) is 1.71. The minimum atomic E-state index is -0.933. The van der Waals surface area contributed by atoms with Crippen LogP contribution in [0.4, 0.5) is 0 Å². The first-order valence-electron chi connectivity index (χ1n) is 6.66. The Balaban J connectivity index is 2.82. The van der Waals surface area contributed by atoms with E-state index in [-0.39, 0.29) is 17.3 Å². The lowest BCUT2D eigenvalue weighted by molar-refractivity contribution is -0.00816. The number of ether oxygens (including phenoxy) is 1. The van der Waals surface area contributed by atoms with Gasteiger partial charge in [0.15, 0.2) is 17.3 Å². The van der Waals surface area contributed by atoms with E-state index in [2.05, 4.69) is 18.7 Å². The van der Waals surface area contributed by atoms with Crippen molar-refractivity contribution in [1.29, 1.82) is 0 Å². The molecule has 0 amide bonds. The van der Waals surface area contributed by atoms with Crippen LogP contribution in [-0.2, 0) is 4.74 Å². The summed E-state index contributed by atoms with van der Waals surface area (Å²) in [6.07, 6.45) is 0.892. The molecule has 112 valence electrons. The molecule has 0 aliphatic heterocycles. The predicted octanol–water partition coefficient (Wildman–Crippen LogP) is 2.67. The van der Waals surface area contributed by atoms with E-state index < -0.39 is 5.60 Å². The molecule has 5 heteroatoms. The normalized spacial score (nSPS) is 11.7. The number of phenolic OH excluding ortho intramolecular Hbond substituents is 1. The van der Waals surface area contributed by atoms with E-state index in [9.17, 15) is 9.90 Å². The Bertz CT molecular complexity index is 469. The monoisotopic (exact) mass is 281 g/mol. The number of nitrogens with two attached hydrogens (primary N) is 1. The van der Waals surface area contributed by atoms with Crippen LogP contribution in [0.3, 0.4) is 0 Å².